The molecule has 0 unspecified atom stereocenters. The van der Waals surface area contributed by atoms with Gasteiger partial charge in [0, 0.05) is 32.3 Å². The SMILES string of the molecule is CCOC(=O)c1ncc(Cc2ccc(F)cc2)cc1NCCCN1CCCCCC1=O. The smallest absolute Gasteiger partial charge is 0.359 e. The quantitative estimate of drug-likeness (QED) is 0.480. The number of likely N-dealkylation sites (tertiary alicyclic amines) is 1. The number of carbonyl (C=O) groups is 2. The van der Waals surface area contributed by atoms with Gasteiger partial charge in [0.15, 0.2) is 5.69 Å². The molecule has 166 valence electrons. The number of anilines is 1. The van der Waals surface area contributed by atoms with E-state index in [1.165, 1.54) is 12.1 Å². The summed E-state index contributed by atoms with van der Waals surface area (Å²) in [7, 11) is 0. The maximum absolute atomic E-state index is 13.2. The second-order valence-corrected chi connectivity index (χ2v) is 7.74. The minimum Gasteiger partial charge on any atom is -0.461 e. The maximum atomic E-state index is 13.2. The van der Waals surface area contributed by atoms with Crippen LogP contribution in [0.1, 0.15) is 60.6 Å². The van der Waals surface area contributed by atoms with E-state index in [0.717, 1.165) is 43.4 Å². The Morgan fingerprint density at radius 2 is 2.00 bits per heavy atom. The van der Waals surface area contributed by atoms with Crippen LogP contribution in [0.2, 0.25) is 0 Å². The van der Waals surface area contributed by atoms with Crippen molar-refractivity contribution in [1.82, 2.24) is 9.88 Å². The molecule has 2 aromatic rings. The van der Waals surface area contributed by atoms with Crippen LogP contribution in [-0.4, -0.2) is 48.0 Å². The molecule has 1 aliphatic heterocycles. The second-order valence-electron chi connectivity index (χ2n) is 7.74. The number of amides is 1. The van der Waals surface area contributed by atoms with E-state index >= 15 is 0 Å². The minimum atomic E-state index is -0.471. The number of esters is 1. The Morgan fingerprint density at radius 3 is 2.77 bits per heavy atom. The van der Waals surface area contributed by atoms with E-state index in [0.29, 0.717) is 31.6 Å². The maximum Gasteiger partial charge on any atom is 0.359 e. The Balaban J connectivity index is 1.65. The van der Waals surface area contributed by atoms with E-state index in [9.17, 15) is 14.0 Å². The normalized spacial score (nSPS) is 14.3. The van der Waals surface area contributed by atoms with E-state index in [1.807, 2.05) is 11.0 Å². The molecule has 0 atom stereocenters. The van der Waals surface area contributed by atoms with Crippen LogP contribution in [0.15, 0.2) is 36.5 Å². The van der Waals surface area contributed by atoms with Crippen LogP contribution in [0.3, 0.4) is 0 Å². The van der Waals surface area contributed by atoms with Crippen molar-refractivity contribution in [3.05, 3.63) is 59.2 Å². The molecule has 0 bridgehead atoms. The molecule has 7 heteroatoms. The Hall–Kier alpha value is -2.96. The van der Waals surface area contributed by atoms with Crippen LogP contribution in [0.4, 0.5) is 10.1 Å². The molecule has 2 heterocycles. The van der Waals surface area contributed by atoms with Gasteiger partial charge in [-0.1, -0.05) is 18.6 Å². The highest BCUT2D eigenvalue weighted by molar-refractivity contribution is 5.93. The number of benzene rings is 1. The molecule has 0 spiro atoms. The summed E-state index contributed by atoms with van der Waals surface area (Å²) in [5.74, 6) is -0.515. The molecule has 3 rings (SSSR count). The largest absolute Gasteiger partial charge is 0.461 e. The number of nitrogens with zero attached hydrogens (tertiary/aromatic N) is 2. The number of hydrogen-bond donors (Lipinski definition) is 1. The fraction of sp³-hybridized carbons (Fsp3) is 0.458. The second kappa shape index (κ2) is 11.4. The number of halogens is 1. The van der Waals surface area contributed by atoms with E-state index < -0.39 is 5.97 Å². The Morgan fingerprint density at radius 1 is 1.19 bits per heavy atom. The van der Waals surface area contributed by atoms with Crippen LogP contribution in [-0.2, 0) is 16.0 Å². The van der Waals surface area contributed by atoms with E-state index in [1.54, 1.807) is 25.3 Å². The van der Waals surface area contributed by atoms with E-state index in [4.69, 9.17) is 4.74 Å². The average Bonchev–Trinajstić information content (AvgIpc) is 2.97. The molecule has 1 saturated heterocycles. The van der Waals surface area contributed by atoms with Gasteiger partial charge in [0.1, 0.15) is 5.82 Å². The number of aromatic nitrogens is 1. The van der Waals surface area contributed by atoms with Gasteiger partial charge in [-0.25, -0.2) is 14.2 Å². The Bertz CT molecular complexity index is 886. The lowest BCUT2D eigenvalue weighted by molar-refractivity contribution is -0.130. The van der Waals surface area contributed by atoms with Gasteiger partial charge in [-0.2, -0.15) is 0 Å². The molecule has 1 fully saturated rings. The highest BCUT2D eigenvalue weighted by Crippen LogP contribution is 2.19. The zero-order valence-corrected chi connectivity index (χ0v) is 18.0. The molecular formula is C24H30FN3O3. The van der Waals surface area contributed by atoms with Gasteiger partial charge in [-0.05, 0) is 61.9 Å². The predicted molar refractivity (Wildman–Crippen MR) is 118 cm³/mol. The molecule has 6 nitrogen and oxygen atoms in total. The van der Waals surface area contributed by atoms with Crippen LogP contribution < -0.4 is 5.32 Å². The Kier molecular flexibility index (Phi) is 8.38. The third-order valence-corrected chi connectivity index (χ3v) is 5.33. The van der Waals surface area contributed by atoms with Gasteiger partial charge in [0.2, 0.25) is 5.91 Å². The first kappa shape index (κ1) is 22.7. The van der Waals surface area contributed by atoms with Crippen LogP contribution in [0.25, 0.3) is 0 Å². The van der Waals surface area contributed by atoms with Crippen molar-refractivity contribution in [3.8, 4) is 0 Å². The first-order valence-electron chi connectivity index (χ1n) is 11.0. The number of rotatable bonds is 9. The number of nitrogens with one attached hydrogen (secondary N) is 1. The zero-order valence-electron chi connectivity index (χ0n) is 18.0. The third kappa shape index (κ3) is 6.77. The minimum absolute atomic E-state index is 0.229. The lowest BCUT2D eigenvalue weighted by Crippen LogP contribution is -2.32. The summed E-state index contributed by atoms with van der Waals surface area (Å²) in [6.45, 7) is 4.16. The monoisotopic (exact) mass is 427 g/mol. The summed E-state index contributed by atoms with van der Waals surface area (Å²) >= 11 is 0. The lowest BCUT2D eigenvalue weighted by Gasteiger charge is -2.20. The molecule has 1 amide bonds. The number of carbonyl (C=O) groups excluding carboxylic acids is 2. The van der Waals surface area contributed by atoms with Gasteiger partial charge in [0.05, 0.1) is 12.3 Å². The van der Waals surface area contributed by atoms with Crippen LogP contribution in [0.5, 0.6) is 0 Å². The van der Waals surface area contributed by atoms with Crippen LogP contribution >= 0.6 is 0 Å². The summed E-state index contributed by atoms with van der Waals surface area (Å²) in [5, 5.41) is 3.30. The van der Waals surface area contributed by atoms with Crippen molar-refractivity contribution in [2.75, 3.05) is 31.6 Å². The fourth-order valence-electron chi connectivity index (χ4n) is 3.71. The van der Waals surface area contributed by atoms with Gasteiger partial charge in [-0.15, -0.1) is 0 Å². The van der Waals surface area contributed by atoms with Crippen LogP contribution in [0, 0.1) is 5.82 Å². The molecule has 31 heavy (non-hydrogen) atoms. The average molecular weight is 428 g/mol. The standard InChI is InChI=1S/C24H30FN3O3/c1-2-31-24(30)23-21(26-12-6-14-28-13-5-3-4-7-22(28)29)16-19(17-27-23)15-18-8-10-20(25)11-9-18/h8-11,16-17,26H,2-7,12-15H2,1H3. The lowest BCUT2D eigenvalue weighted by atomic mass is 10.1. The molecule has 1 N–H and O–H groups in total. The van der Waals surface area contributed by atoms with Gasteiger partial charge in [0.25, 0.3) is 0 Å². The molecule has 0 aliphatic carbocycles. The summed E-state index contributed by atoms with van der Waals surface area (Å²) in [5.41, 5.74) is 2.72. The van der Waals surface area contributed by atoms with Gasteiger partial charge in [-0.3, -0.25) is 4.79 Å². The highest BCUT2D eigenvalue weighted by Gasteiger charge is 2.17. The Labute approximate surface area is 182 Å². The molecule has 1 aliphatic rings. The van der Waals surface area contributed by atoms with Crippen molar-refractivity contribution in [1.29, 1.82) is 0 Å². The zero-order chi connectivity index (χ0) is 22.1. The number of ether oxygens (including phenoxy) is 1. The topological polar surface area (TPSA) is 71.5 Å². The molecular weight excluding hydrogens is 397 g/mol. The van der Waals surface area contributed by atoms with E-state index in [2.05, 4.69) is 10.3 Å². The van der Waals surface area contributed by atoms with Gasteiger partial charge < -0.3 is 15.0 Å². The third-order valence-electron chi connectivity index (χ3n) is 5.33. The van der Waals surface area contributed by atoms with Crippen molar-refractivity contribution in [2.24, 2.45) is 0 Å². The predicted octanol–water partition coefficient (Wildman–Crippen LogP) is 4.19. The molecule has 1 aromatic carbocycles. The summed E-state index contributed by atoms with van der Waals surface area (Å²) < 4.78 is 18.3. The van der Waals surface area contributed by atoms with Crippen molar-refractivity contribution in [2.45, 2.75) is 45.4 Å². The highest BCUT2D eigenvalue weighted by atomic mass is 19.1. The first-order valence-corrected chi connectivity index (χ1v) is 11.0. The van der Waals surface area contributed by atoms with Crippen molar-refractivity contribution in [3.63, 3.8) is 0 Å². The first-order chi connectivity index (χ1) is 15.1. The summed E-state index contributed by atoms with van der Waals surface area (Å²) in [6.07, 6.45) is 6.77. The molecule has 0 saturated carbocycles. The van der Waals surface area contributed by atoms with Crippen molar-refractivity contribution < 1.29 is 18.7 Å². The number of hydrogen-bond acceptors (Lipinski definition) is 5. The molecule has 1 aromatic heterocycles. The number of pyridine rings is 1. The summed E-state index contributed by atoms with van der Waals surface area (Å²) in [4.78, 5) is 30.7. The van der Waals surface area contributed by atoms with Crippen molar-refractivity contribution >= 4 is 17.6 Å². The fourth-order valence-corrected chi connectivity index (χ4v) is 3.71. The van der Waals surface area contributed by atoms with E-state index in [-0.39, 0.29) is 24.0 Å². The van der Waals surface area contributed by atoms with Gasteiger partial charge >= 0.3 is 5.97 Å². The molecule has 0 radical (unpaired) electrons. The summed E-state index contributed by atoms with van der Waals surface area (Å²) in [6, 6.07) is 8.22.